The third kappa shape index (κ3) is 5.91. The van der Waals surface area contributed by atoms with Crippen molar-refractivity contribution in [3.63, 3.8) is 0 Å². The lowest BCUT2D eigenvalue weighted by Crippen LogP contribution is -2.43. The number of nitrogens with zero attached hydrogens (tertiary/aromatic N) is 1. The van der Waals surface area contributed by atoms with Crippen LogP contribution < -0.4 is 10.6 Å². The number of benzene rings is 2. The fraction of sp³-hybridized carbons (Fsp3) is 0.364. The fourth-order valence-corrected chi connectivity index (χ4v) is 3.88. The summed E-state index contributed by atoms with van der Waals surface area (Å²) in [5.74, 6) is -0.01000. The van der Waals surface area contributed by atoms with Crippen molar-refractivity contribution in [2.75, 3.05) is 19.6 Å². The molecule has 0 bridgehead atoms. The zero-order valence-electron chi connectivity index (χ0n) is 15.9. The summed E-state index contributed by atoms with van der Waals surface area (Å²) in [6.45, 7) is 2.86. The van der Waals surface area contributed by atoms with Crippen LogP contribution in [-0.4, -0.2) is 42.4 Å². The second kappa shape index (κ2) is 10.4. The van der Waals surface area contributed by atoms with Crippen molar-refractivity contribution in [2.45, 2.75) is 31.8 Å². The Morgan fingerprint density at radius 2 is 1.82 bits per heavy atom. The summed E-state index contributed by atoms with van der Waals surface area (Å²) < 4.78 is 0.879. The average Bonchev–Trinajstić information content (AvgIpc) is 3.16. The van der Waals surface area contributed by atoms with Crippen LogP contribution in [0, 0.1) is 0 Å². The first kappa shape index (κ1) is 20.6. The van der Waals surface area contributed by atoms with Gasteiger partial charge in [0.15, 0.2) is 0 Å². The predicted molar refractivity (Wildman–Crippen MR) is 114 cm³/mol. The molecule has 0 aromatic heterocycles. The molecule has 1 unspecified atom stereocenters. The summed E-state index contributed by atoms with van der Waals surface area (Å²) in [5.41, 5.74) is 1.86. The molecule has 2 aromatic carbocycles. The molecule has 5 nitrogen and oxygen atoms in total. The molecule has 2 amide bonds. The maximum atomic E-state index is 12.6. The molecule has 1 aliphatic rings. The number of carbonyl (C=O) groups is 2. The Labute approximate surface area is 174 Å². The van der Waals surface area contributed by atoms with Gasteiger partial charge in [0.05, 0.1) is 6.04 Å². The van der Waals surface area contributed by atoms with E-state index in [1.807, 2.05) is 30.3 Å². The van der Waals surface area contributed by atoms with E-state index in [1.165, 1.54) is 5.56 Å². The normalized spacial score (nSPS) is 16.7. The molecule has 1 saturated heterocycles. The average molecular weight is 444 g/mol. The quantitative estimate of drug-likeness (QED) is 0.614. The Morgan fingerprint density at radius 1 is 1.04 bits per heavy atom. The Kier molecular flexibility index (Phi) is 7.62. The van der Waals surface area contributed by atoms with Gasteiger partial charge in [-0.1, -0.05) is 52.3 Å². The molecular weight excluding hydrogens is 418 g/mol. The van der Waals surface area contributed by atoms with E-state index in [0.29, 0.717) is 25.1 Å². The van der Waals surface area contributed by atoms with E-state index < -0.39 is 0 Å². The topological polar surface area (TPSA) is 61.4 Å². The third-order valence-electron chi connectivity index (χ3n) is 4.92. The first-order valence-corrected chi connectivity index (χ1v) is 10.5. The number of likely N-dealkylation sites (tertiary alicyclic amines) is 1. The van der Waals surface area contributed by atoms with Crippen LogP contribution in [0.15, 0.2) is 59.1 Å². The number of halogens is 1. The van der Waals surface area contributed by atoms with Crippen LogP contribution in [0.2, 0.25) is 0 Å². The molecule has 28 heavy (non-hydrogen) atoms. The second-order valence-electron chi connectivity index (χ2n) is 7.02. The number of hydrogen-bond acceptors (Lipinski definition) is 3. The van der Waals surface area contributed by atoms with Gasteiger partial charge < -0.3 is 10.6 Å². The highest BCUT2D eigenvalue weighted by atomic mass is 79.9. The number of carbonyl (C=O) groups excluding carboxylic acids is 2. The first-order chi connectivity index (χ1) is 13.6. The van der Waals surface area contributed by atoms with Crippen molar-refractivity contribution in [3.8, 4) is 0 Å². The lowest BCUT2D eigenvalue weighted by molar-refractivity contribution is -0.125. The van der Waals surface area contributed by atoms with E-state index in [2.05, 4.69) is 43.6 Å². The summed E-state index contributed by atoms with van der Waals surface area (Å²) in [4.78, 5) is 26.9. The molecule has 0 spiro atoms. The van der Waals surface area contributed by atoms with E-state index in [0.717, 1.165) is 30.4 Å². The van der Waals surface area contributed by atoms with E-state index >= 15 is 0 Å². The molecule has 0 saturated carbocycles. The molecule has 1 fully saturated rings. The van der Waals surface area contributed by atoms with E-state index in [1.54, 1.807) is 12.1 Å². The van der Waals surface area contributed by atoms with Crippen molar-refractivity contribution in [2.24, 2.45) is 0 Å². The summed E-state index contributed by atoms with van der Waals surface area (Å²) in [6.07, 6.45) is 2.66. The van der Waals surface area contributed by atoms with E-state index in [9.17, 15) is 9.59 Å². The van der Waals surface area contributed by atoms with Crippen LogP contribution in [0.1, 0.15) is 35.2 Å². The van der Waals surface area contributed by atoms with Crippen molar-refractivity contribution < 1.29 is 9.59 Å². The molecule has 3 rings (SSSR count). The van der Waals surface area contributed by atoms with Crippen LogP contribution in [0.3, 0.4) is 0 Å². The van der Waals surface area contributed by atoms with Gasteiger partial charge in [-0.05, 0) is 49.6 Å². The first-order valence-electron chi connectivity index (χ1n) is 9.73. The van der Waals surface area contributed by atoms with Gasteiger partial charge in [-0.3, -0.25) is 14.5 Å². The van der Waals surface area contributed by atoms with E-state index in [4.69, 9.17) is 0 Å². The molecule has 148 valence electrons. The highest BCUT2D eigenvalue weighted by Gasteiger charge is 2.30. The van der Waals surface area contributed by atoms with Gasteiger partial charge in [-0.25, -0.2) is 0 Å². The predicted octanol–water partition coefficient (Wildman–Crippen LogP) is 3.35. The number of amides is 2. The maximum absolute atomic E-state index is 12.6. The zero-order valence-corrected chi connectivity index (χ0v) is 17.5. The van der Waals surface area contributed by atoms with Gasteiger partial charge >= 0.3 is 0 Å². The number of nitrogens with one attached hydrogen (secondary N) is 2. The molecule has 6 heteroatoms. The van der Waals surface area contributed by atoms with Crippen molar-refractivity contribution in [3.05, 3.63) is 70.2 Å². The SMILES string of the molecule is O=C(NCCCNC(=O)C1CCCN1Cc1ccccc1)c1cccc(Br)c1. The zero-order chi connectivity index (χ0) is 19.8. The lowest BCUT2D eigenvalue weighted by Gasteiger charge is -2.23. The minimum Gasteiger partial charge on any atom is -0.355 e. The summed E-state index contributed by atoms with van der Waals surface area (Å²) in [6, 6.07) is 17.5. The molecule has 0 radical (unpaired) electrons. The second-order valence-corrected chi connectivity index (χ2v) is 7.94. The minimum atomic E-state index is -0.0996. The Balaban J connectivity index is 1.37. The molecular formula is C22H26BrN3O2. The fourth-order valence-electron chi connectivity index (χ4n) is 3.48. The molecule has 1 heterocycles. The molecule has 2 aromatic rings. The van der Waals surface area contributed by atoms with Gasteiger partial charge in [-0.15, -0.1) is 0 Å². The van der Waals surface area contributed by atoms with Gasteiger partial charge in [0.25, 0.3) is 5.91 Å². The van der Waals surface area contributed by atoms with Crippen molar-refractivity contribution in [1.29, 1.82) is 0 Å². The van der Waals surface area contributed by atoms with Crippen LogP contribution in [0.4, 0.5) is 0 Å². The standard InChI is InChI=1S/C22H26BrN3O2/c23-19-10-4-9-18(15-19)21(27)24-12-6-13-25-22(28)20-11-5-14-26(20)16-17-7-2-1-3-8-17/h1-4,7-10,15,20H,5-6,11-14,16H2,(H,24,27)(H,25,28). The van der Waals surface area contributed by atoms with E-state index in [-0.39, 0.29) is 17.9 Å². The van der Waals surface area contributed by atoms with Crippen LogP contribution in [-0.2, 0) is 11.3 Å². The van der Waals surface area contributed by atoms with Gasteiger partial charge in [0, 0.05) is 29.7 Å². The number of rotatable bonds is 8. The largest absolute Gasteiger partial charge is 0.355 e. The van der Waals surface area contributed by atoms with Crippen LogP contribution in [0.25, 0.3) is 0 Å². The summed E-state index contributed by atoms with van der Waals surface area (Å²) in [7, 11) is 0. The summed E-state index contributed by atoms with van der Waals surface area (Å²) >= 11 is 3.37. The lowest BCUT2D eigenvalue weighted by atomic mass is 10.1. The van der Waals surface area contributed by atoms with Crippen LogP contribution >= 0.6 is 15.9 Å². The molecule has 0 aliphatic carbocycles. The minimum absolute atomic E-state index is 0.0588. The molecule has 2 N–H and O–H groups in total. The van der Waals surface area contributed by atoms with Crippen LogP contribution in [0.5, 0.6) is 0 Å². The van der Waals surface area contributed by atoms with Crippen molar-refractivity contribution >= 4 is 27.7 Å². The Morgan fingerprint density at radius 3 is 2.61 bits per heavy atom. The molecule has 1 atom stereocenters. The number of hydrogen-bond donors (Lipinski definition) is 2. The monoisotopic (exact) mass is 443 g/mol. The van der Waals surface area contributed by atoms with Crippen molar-refractivity contribution in [1.82, 2.24) is 15.5 Å². The molecule has 1 aliphatic heterocycles. The highest BCUT2D eigenvalue weighted by Crippen LogP contribution is 2.20. The third-order valence-corrected chi connectivity index (χ3v) is 5.41. The van der Waals surface area contributed by atoms with Gasteiger partial charge in [0.1, 0.15) is 0 Å². The smallest absolute Gasteiger partial charge is 0.251 e. The summed E-state index contributed by atoms with van der Waals surface area (Å²) in [5, 5.41) is 5.91. The Hall–Kier alpha value is -2.18. The van der Waals surface area contributed by atoms with Gasteiger partial charge in [0.2, 0.25) is 5.91 Å². The van der Waals surface area contributed by atoms with Gasteiger partial charge in [-0.2, -0.15) is 0 Å². The Bertz CT molecular complexity index is 797. The highest BCUT2D eigenvalue weighted by molar-refractivity contribution is 9.10. The maximum Gasteiger partial charge on any atom is 0.251 e.